The van der Waals surface area contributed by atoms with Crippen molar-refractivity contribution in [3.05, 3.63) is 52.4 Å². The van der Waals surface area contributed by atoms with Gasteiger partial charge in [-0.1, -0.05) is 17.7 Å². The van der Waals surface area contributed by atoms with Crippen LogP contribution in [0.15, 0.2) is 34.9 Å². The minimum Gasteiger partial charge on any atom is -0.467 e. The largest absolute Gasteiger partial charge is 0.467 e. The highest BCUT2D eigenvalue weighted by atomic mass is 35.5. The Morgan fingerprint density at radius 1 is 1.24 bits per heavy atom. The van der Waals surface area contributed by atoms with Crippen molar-refractivity contribution in [1.82, 2.24) is 5.32 Å². The third-order valence-corrected chi connectivity index (χ3v) is 3.18. The lowest BCUT2D eigenvalue weighted by Crippen LogP contribution is -2.35. The predicted molar refractivity (Wildman–Crippen MR) is 80.1 cm³/mol. The minimum absolute atomic E-state index is 0.153. The first-order chi connectivity index (χ1) is 9.97. The van der Waals surface area contributed by atoms with Crippen molar-refractivity contribution in [3.8, 4) is 0 Å². The van der Waals surface area contributed by atoms with Crippen LogP contribution in [0.2, 0.25) is 5.02 Å². The van der Waals surface area contributed by atoms with Crippen molar-refractivity contribution in [2.45, 2.75) is 20.4 Å². The van der Waals surface area contributed by atoms with Gasteiger partial charge in [-0.3, -0.25) is 9.59 Å². The number of carbonyl (C=O) groups is 2. The van der Waals surface area contributed by atoms with Crippen LogP contribution in [0.4, 0.5) is 5.69 Å². The second-order valence-electron chi connectivity index (χ2n) is 4.65. The monoisotopic (exact) mass is 306 g/mol. The van der Waals surface area contributed by atoms with E-state index in [0.29, 0.717) is 16.5 Å². The Bertz CT molecular complexity index is 643. The Morgan fingerprint density at radius 2 is 2.00 bits per heavy atom. The molecule has 0 aliphatic carbocycles. The molecule has 0 bridgehead atoms. The number of hydrogen-bond donors (Lipinski definition) is 2. The molecule has 0 fully saturated rings. The molecule has 0 unspecified atom stereocenters. The number of amides is 2. The highest BCUT2D eigenvalue weighted by Crippen LogP contribution is 2.27. The number of carbonyl (C=O) groups excluding carboxylic acids is 2. The van der Waals surface area contributed by atoms with Gasteiger partial charge in [0.25, 0.3) is 0 Å². The van der Waals surface area contributed by atoms with Gasteiger partial charge in [-0.05, 0) is 43.2 Å². The summed E-state index contributed by atoms with van der Waals surface area (Å²) in [6.45, 7) is 3.87. The smallest absolute Gasteiger partial charge is 0.313 e. The molecule has 2 rings (SSSR count). The van der Waals surface area contributed by atoms with Gasteiger partial charge in [0.05, 0.1) is 23.5 Å². The SMILES string of the molecule is Cc1cc(C)c(NC(=O)C(=O)NCc2ccco2)c(Cl)c1. The van der Waals surface area contributed by atoms with E-state index in [0.717, 1.165) is 11.1 Å². The van der Waals surface area contributed by atoms with Gasteiger partial charge in [-0.15, -0.1) is 0 Å². The van der Waals surface area contributed by atoms with E-state index < -0.39 is 11.8 Å². The summed E-state index contributed by atoms with van der Waals surface area (Å²) < 4.78 is 5.07. The molecular formula is C15H15ClN2O3. The van der Waals surface area contributed by atoms with E-state index in [1.54, 1.807) is 18.2 Å². The summed E-state index contributed by atoms with van der Waals surface area (Å²) in [7, 11) is 0. The predicted octanol–water partition coefficient (Wildman–Crippen LogP) is 2.80. The molecule has 2 N–H and O–H groups in total. The van der Waals surface area contributed by atoms with E-state index in [9.17, 15) is 9.59 Å². The molecule has 5 nitrogen and oxygen atoms in total. The molecule has 0 aliphatic heterocycles. The van der Waals surface area contributed by atoms with Crippen LogP contribution in [0, 0.1) is 13.8 Å². The van der Waals surface area contributed by atoms with Crippen molar-refractivity contribution >= 4 is 29.1 Å². The molecule has 6 heteroatoms. The summed E-state index contributed by atoms with van der Waals surface area (Å²) in [6, 6.07) is 7.02. The molecule has 0 spiro atoms. The molecule has 2 aromatic rings. The molecule has 2 amide bonds. The van der Waals surface area contributed by atoms with Crippen LogP contribution in [0.3, 0.4) is 0 Å². The van der Waals surface area contributed by atoms with Crippen LogP contribution in [0.25, 0.3) is 0 Å². The van der Waals surface area contributed by atoms with E-state index in [1.807, 2.05) is 19.9 Å². The summed E-state index contributed by atoms with van der Waals surface area (Å²) >= 11 is 6.08. The Kier molecular flexibility index (Phi) is 4.65. The maximum Gasteiger partial charge on any atom is 0.313 e. The standard InChI is InChI=1S/C15H15ClN2O3/c1-9-6-10(2)13(12(16)7-9)18-15(20)14(19)17-8-11-4-3-5-21-11/h3-7H,8H2,1-2H3,(H,17,19)(H,18,20). The Hall–Kier alpha value is -2.27. The number of benzene rings is 1. The fourth-order valence-electron chi connectivity index (χ4n) is 1.91. The summed E-state index contributed by atoms with van der Waals surface area (Å²) in [5.74, 6) is -0.946. The quantitative estimate of drug-likeness (QED) is 0.857. The maximum absolute atomic E-state index is 11.8. The first-order valence-electron chi connectivity index (χ1n) is 6.35. The van der Waals surface area contributed by atoms with Gasteiger partial charge in [0.1, 0.15) is 5.76 Å². The van der Waals surface area contributed by atoms with Crippen LogP contribution < -0.4 is 10.6 Å². The number of aryl methyl sites for hydroxylation is 2. The van der Waals surface area contributed by atoms with Gasteiger partial charge >= 0.3 is 11.8 Å². The molecule has 110 valence electrons. The summed E-state index contributed by atoms with van der Waals surface area (Å²) in [5, 5.41) is 5.39. The molecule has 21 heavy (non-hydrogen) atoms. The third-order valence-electron chi connectivity index (χ3n) is 2.88. The summed E-state index contributed by atoms with van der Waals surface area (Å²) in [4.78, 5) is 23.6. The fraction of sp³-hybridized carbons (Fsp3) is 0.200. The molecule has 1 aromatic heterocycles. The van der Waals surface area contributed by atoms with Crippen molar-refractivity contribution in [2.75, 3.05) is 5.32 Å². The van der Waals surface area contributed by atoms with Crippen molar-refractivity contribution in [2.24, 2.45) is 0 Å². The minimum atomic E-state index is -0.768. The van der Waals surface area contributed by atoms with E-state index in [2.05, 4.69) is 10.6 Å². The first-order valence-corrected chi connectivity index (χ1v) is 6.73. The first kappa shape index (κ1) is 15.1. The molecule has 0 radical (unpaired) electrons. The zero-order chi connectivity index (χ0) is 15.4. The van der Waals surface area contributed by atoms with Gasteiger partial charge in [0, 0.05) is 0 Å². The van der Waals surface area contributed by atoms with Crippen LogP contribution >= 0.6 is 11.6 Å². The van der Waals surface area contributed by atoms with Crippen LogP contribution in [-0.4, -0.2) is 11.8 Å². The lowest BCUT2D eigenvalue weighted by Gasteiger charge is -2.11. The molecule has 0 saturated heterocycles. The number of furan rings is 1. The normalized spacial score (nSPS) is 10.2. The van der Waals surface area contributed by atoms with Gasteiger partial charge in [-0.25, -0.2) is 0 Å². The fourth-order valence-corrected chi connectivity index (χ4v) is 2.27. The Balaban J connectivity index is 1.99. The van der Waals surface area contributed by atoms with Crippen molar-refractivity contribution < 1.29 is 14.0 Å². The number of anilines is 1. The average molecular weight is 307 g/mol. The Labute approximate surface area is 127 Å². The molecule has 0 aliphatic rings. The van der Waals surface area contributed by atoms with Crippen molar-refractivity contribution in [3.63, 3.8) is 0 Å². The van der Waals surface area contributed by atoms with E-state index in [1.165, 1.54) is 6.26 Å². The van der Waals surface area contributed by atoms with Gasteiger partial charge in [0.2, 0.25) is 0 Å². The lowest BCUT2D eigenvalue weighted by molar-refractivity contribution is -0.136. The third kappa shape index (κ3) is 3.86. The maximum atomic E-state index is 11.8. The summed E-state index contributed by atoms with van der Waals surface area (Å²) in [5.41, 5.74) is 2.23. The van der Waals surface area contributed by atoms with Crippen LogP contribution in [0.1, 0.15) is 16.9 Å². The van der Waals surface area contributed by atoms with E-state index in [4.69, 9.17) is 16.0 Å². The van der Waals surface area contributed by atoms with Crippen LogP contribution in [0.5, 0.6) is 0 Å². The van der Waals surface area contributed by atoms with E-state index >= 15 is 0 Å². The Morgan fingerprint density at radius 3 is 2.62 bits per heavy atom. The average Bonchev–Trinajstić information content (AvgIpc) is 2.93. The van der Waals surface area contributed by atoms with E-state index in [-0.39, 0.29) is 6.54 Å². The second-order valence-corrected chi connectivity index (χ2v) is 5.06. The number of halogens is 1. The topological polar surface area (TPSA) is 71.3 Å². The highest BCUT2D eigenvalue weighted by molar-refractivity contribution is 6.41. The zero-order valence-electron chi connectivity index (χ0n) is 11.7. The lowest BCUT2D eigenvalue weighted by atomic mass is 10.1. The highest BCUT2D eigenvalue weighted by Gasteiger charge is 2.16. The van der Waals surface area contributed by atoms with Gasteiger partial charge in [-0.2, -0.15) is 0 Å². The molecule has 1 aromatic carbocycles. The summed E-state index contributed by atoms with van der Waals surface area (Å²) in [6.07, 6.45) is 1.50. The molecule has 0 saturated carbocycles. The second kappa shape index (κ2) is 6.45. The molecule has 0 atom stereocenters. The van der Waals surface area contributed by atoms with Crippen molar-refractivity contribution in [1.29, 1.82) is 0 Å². The molecule has 1 heterocycles. The molecular weight excluding hydrogens is 292 g/mol. The number of nitrogens with one attached hydrogen (secondary N) is 2. The van der Waals surface area contributed by atoms with Gasteiger partial charge in [0.15, 0.2) is 0 Å². The number of rotatable bonds is 3. The van der Waals surface area contributed by atoms with Gasteiger partial charge < -0.3 is 15.1 Å². The van der Waals surface area contributed by atoms with Crippen LogP contribution in [-0.2, 0) is 16.1 Å². The zero-order valence-corrected chi connectivity index (χ0v) is 12.5. The number of hydrogen-bond acceptors (Lipinski definition) is 3.